The fourth-order valence-corrected chi connectivity index (χ4v) is 4.15. The largest absolute Gasteiger partial charge is 0.494 e. The Balaban J connectivity index is 1.40. The van der Waals surface area contributed by atoms with Crippen LogP contribution in [0.4, 0.5) is 21.7 Å². The molecular weight excluding hydrogens is 373 g/mol. The van der Waals surface area contributed by atoms with Crippen molar-refractivity contribution in [2.45, 2.75) is 12.8 Å². The third kappa shape index (κ3) is 4.37. The third-order valence-electron chi connectivity index (χ3n) is 5.84. The molecule has 1 atom stereocenters. The molecule has 0 aliphatic carbocycles. The predicted molar refractivity (Wildman–Crippen MR) is 111 cm³/mol. The Morgan fingerprint density at radius 3 is 2.45 bits per heavy atom. The number of hydrogen-bond acceptors (Lipinski definition) is 7. The number of halogens is 1. The van der Waals surface area contributed by atoms with Gasteiger partial charge in [-0.3, -0.25) is 0 Å². The zero-order valence-corrected chi connectivity index (χ0v) is 16.8. The van der Waals surface area contributed by atoms with Gasteiger partial charge in [-0.15, -0.1) is 0 Å². The summed E-state index contributed by atoms with van der Waals surface area (Å²) in [6, 6.07) is 7.15. The lowest BCUT2D eigenvalue weighted by Gasteiger charge is -2.37. The van der Waals surface area contributed by atoms with Crippen LogP contribution in [0.15, 0.2) is 30.6 Å². The van der Waals surface area contributed by atoms with E-state index in [-0.39, 0.29) is 18.2 Å². The van der Waals surface area contributed by atoms with Gasteiger partial charge in [0.1, 0.15) is 18.0 Å². The van der Waals surface area contributed by atoms with Gasteiger partial charge in [0.05, 0.1) is 7.11 Å². The molecule has 8 heteroatoms. The van der Waals surface area contributed by atoms with Gasteiger partial charge in [0.25, 0.3) is 0 Å². The molecule has 1 aromatic heterocycles. The zero-order chi connectivity index (χ0) is 20.2. The predicted octanol–water partition coefficient (Wildman–Crippen LogP) is 2.16. The molecule has 0 radical (unpaired) electrons. The van der Waals surface area contributed by atoms with E-state index < -0.39 is 0 Å². The second kappa shape index (κ2) is 8.82. The van der Waals surface area contributed by atoms with Crippen LogP contribution in [-0.2, 0) is 0 Å². The van der Waals surface area contributed by atoms with Crippen LogP contribution in [0.2, 0.25) is 0 Å². The van der Waals surface area contributed by atoms with Crippen LogP contribution in [0.5, 0.6) is 5.75 Å². The van der Waals surface area contributed by atoms with Crippen LogP contribution in [0, 0.1) is 11.7 Å². The summed E-state index contributed by atoms with van der Waals surface area (Å²) in [6.07, 6.45) is 3.76. The minimum Gasteiger partial charge on any atom is -0.494 e. The SMILES string of the molecule is COc1ccc(N2CCN(c3cc(N4CCCC(CO)C4)ncn3)CC2)cc1F. The van der Waals surface area contributed by atoms with Crippen molar-refractivity contribution in [2.24, 2.45) is 5.92 Å². The highest BCUT2D eigenvalue weighted by Crippen LogP contribution is 2.27. The van der Waals surface area contributed by atoms with Crippen molar-refractivity contribution in [3.8, 4) is 5.75 Å². The number of methoxy groups -OCH3 is 1. The number of benzene rings is 1. The summed E-state index contributed by atoms with van der Waals surface area (Å²) in [4.78, 5) is 15.6. The highest BCUT2D eigenvalue weighted by molar-refractivity contribution is 5.54. The number of piperidine rings is 1. The van der Waals surface area contributed by atoms with E-state index in [1.165, 1.54) is 13.2 Å². The van der Waals surface area contributed by atoms with Crippen LogP contribution in [0.25, 0.3) is 0 Å². The van der Waals surface area contributed by atoms with Crippen molar-refractivity contribution in [3.63, 3.8) is 0 Å². The first-order valence-corrected chi connectivity index (χ1v) is 10.2. The highest BCUT2D eigenvalue weighted by atomic mass is 19.1. The summed E-state index contributed by atoms with van der Waals surface area (Å²) in [7, 11) is 1.47. The summed E-state index contributed by atoms with van der Waals surface area (Å²) >= 11 is 0. The lowest BCUT2D eigenvalue weighted by atomic mass is 9.99. The number of hydrogen-bond donors (Lipinski definition) is 1. The highest BCUT2D eigenvalue weighted by Gasteiger charge is 2.23. The molecule has 1 unspecified atom stereocenters. The smallest absolute Gasteiger partial charge is 0.167 e. The van der Waals surface area contributed by atoms with Crippen molar-refractivity contribution in [1.82, 2.24) is 9.97 Å². The maximum Gasteiger partial charge on any atom is 0.167 e. The van der Waals surface area contributed by atoms with Crippen LogP contribution in [-0.4, -0.2) is 68.1 Å². The summed E-state index contributed by atoms with van der Waals surface area (Å²) in [5, 5.41) is 9.48. The summed E-state index contributed by atoms with van der Waals surface area (Å²) in [6.45, 7) is 5.23. The molecule has 1 N–H and O–H groups in total. The van der Waals surface area contributed by atoms with Crippen molar-refractivity contribution in [1.29, 1.82) is 0 Å². The van der Waals surface area contributed by atoms with Crippen molar-refractivity contribution < 1.29 is 14.2 Å². The Morgan fingerprint density at radius 1 is 1.03 bits per heavy atom. The number of aliphatic hydroxyl groups excluding tert-OH is 1. The van der Waals surface area contributed by atoms with Gasteiger partial charge in [0.2, 0.25) is 0 Å². The summed E-state index contributed by atoms with van der Waals surface area (Å²) in [5.74, 6) is 2.09. The molecule has 2 aliphatic rings. The molecule has 1 aromatic carbocycles. The number of nitrogens with zero attached hydrogens (tertiary/aromatic N) is 5. The minimum atomic E-state index is -0.337. The monoisotopic (exact) mass is 401 g/mol. The first-order chi connectivity index (χ1) is 14.2. The molecule has 0 spiro atoms. The molecule has 2 aliphatic heterocycles. The lowest BCUT2D eigenvalue weighted by Crippen LogP contribution is -2.47. The third-order valence-corrected chi connectivity index (χ3v) is 5.84. The number of piperazine rings is 1. The summed E-state index contributed by atoms with van der Waals surface area (Å²) in [5.41, 5.74) is 0.870. The van der Waals surface area contributed by atoms with Gasteiger partial charge < -0.3 is 24.5 Å². The van der Waals surface area contributed by atoms with E-state index in [1.807, 2.05) is 12.1 Å². The number of anilines is 3. The molecule has 29 heavy (non-hydrogen) atoms. The number of aliphatic hydroxyl groups is 1. The van der Waals surface area contributed by atoms with E-state index >= 15 is 0 Å². The number of aromatic nitrogens is 2. The Hall–Kier alpha value is -2.61. The van der Waals surface area contributed by atoms with E-state index in [2.05, 4.69) is 24.7 Å². The van der Waals surface area contributed by atoms with Gasteiger partial charge in [-0.2, -0.15) is 0 Å². The van der Waals surface area contributed by atoms with Gasteiger partial charge in [0.15, 0.2) is 11.6 Å². The van der Waals surface area contributed by atoms with E-state index in [0.29, 0.717) is 5.92 Å². The van der Waals surface area contributed by atoms with Gasteiger partial charge in [0, 0.05) is 63.7 Å². The number of rotatable bonds is 5. The van der Waals surface area contributed by atoms with Crippen molar-refractivity contribution in [2.75, 3.05) is 67.7 Å². The zero-order valence-electron chi connectivity index (χ0n) is 16.8. The Labute approximate surface area is 170 Å². The second-order valence-electron chi connectivity index (χ2n) is 7.66. The standard InChI is InChI=1S/C21H28FN5O2/c1-29-19-5-4-17(11-18(19)22)25-7-9-26(10-8-25)20-12-21(24-15-23-20)27-6-2-3-16(13-27)14-28/h4-5,11-12,15-16,28H,2-3,6-10,13-14H2,1H3. The van der Waals surface area contributed by atoms with Crippen LogP contribution in [0.1, 0.15) is 12.8 Å². The molecular formula is C21H28FN5O2. The lowest BCUT2D eigenvalue weighted by molar-refractivity contribution is 0.208. The van der Waals surface area contributed by atoms with Crippen molar-refractivity contribution >= 4 is 17.3 Å². The molecule has 0 saturated carbocycles. The molecule has 2 fully saturated rings. The van der Waals surface area contributed by atoms with Crippen LogP contribution < -0.4 is 19.4 Å². The first-order valence-electron chi connectivity index (χ1n) is 10.2. The maximum atomic E-state index is 14.0. The second-order valence-corrected chi connectivity index (χ2v) is 7.66. The fraction of sp³-hybridized carbons (Fsp3) is 0.524. The molecule has 7 nitrogen and oxygen atoms in total. The first kappa shape index (κ1) is 19.7. The van der Waals surface area contributed by atoms with E-state index in [9.17, 15) is 9.50 Å². The topological polar surface area (TPSA) is 65.0 Å². The van der Waals surface area contributed by atoms with E-state index in [0.717, 1.165) is 69.4 Å². The average molecular weight is 401 g/mol. The normalized spacial score (nSPS) is 20.1. The van der Waals surface area contributed by atoms with Gasteiger partial charge in [-0.25, -0.2) is 14.4 Å². The van der Waals surface area contributed by atoms with E-state index in [4.69, 9.17) is 4.74 Å². The molecule has 2 aromatic rings. The molecule has 0 bridgehead atoms. The Morgan fingerprint density at radius 2 is 1.76 bits per heavy atom. The number of ether oxygens (including phenoxy) is 1. The molecule has 3 heterocycles. The molecule has 156 valence electrons. The van der Waals surface area contributed by atoms with Gasteiger partial charge >= 0.3 is 0 Å². The maximum absolute atomic E-state index is 14.0. The minimum absolute atomic E-state index is 0.225. The summed E-state index contributed by atoms with van der Waals surface area (Å²) < 4.78 is 19.0. The fourth-order valence-electron chi connectivity index (χ4n) is 4.15. The molecule has 4 rings (SSSR count). The molecule has 0 amide bonds. The van der Waals surface area contributed by atoms with Crippen LogP contribution in [0.3, 0.4) is 0 Å². The quantitative estimate of drug-likeness (QED) is 0.824. The Bertz CT molecular complexity index is 828. The average Bonchev–Trinajstić information content (AvgIpc) is 2.79. The van der Waals surface area contributed by atoms with Gasteiger partial charge in [-0.1, -0.05) is 0 Å². The van der Waals surface area contributed by atoms with Crippen LogP contribution >= 0.6 is 0 Å². The van der Waals surface area contributed by atoms with Gasteiger partial charge in [-0.05, 0) is 30.9 Å². The van der Waals surface area contributed by atoms with Crippen molar-refractivity contribution in [3.05, 3.63) is 36.4 Å². The molecule has 2 saturated heterocycles. The van der Waals surface area contributed by atoms with E-state index in [1.54, 1.807) is 12.4 Å². The Kier molecular flexibility index (Phi) is 5.99.